The van der Waals surface area contributed by atoms with E-state index in [1.165, 1.54) is 0 Å². The van der Waals surface area contributed by atoms with Crippen LogP contribution in [0.1, 0.15) is 29.6 Å². The van der Waals surface area contributed by atoms with Crippen molar-refractivity contribution in [3.8, 4) is 5.75 Å². The lowest BCUT2D eigenvalue weighted by Gasteiger charge is -2.01. The maximum Gasteiger partial charge on any atom is 0.226 e. The van der Waals surface area contributed by atoms with E-state index in [0.29, 0.717) is 24.2 Å². The summed E-state index contributed by atoms with van der Waals surface area (Å²) in [6.07, 6.45) is 1.58. The van der Waals surface area contributed by atoms with E-state index in [-0.39, 0.29) is 5.92 Å². The Kier molecular flexibility index (Phi) is 3.19. The summed E-state index contributed by atoms with van der Waals surface area (Å²) in [5.41, 5.74) is 1.13. The molecule has 3 rings (SSSR count). The molecule has 4 nitrogen and oxygen atoms in total. The molecule has 0 aliphatic carbocycles. The Balaban J connectivity index is 1.82. The predicted octanol–water partition coefficient (Wildman–Crippen LogP) is 2.77. The smallest absolute Gasteiger partial charge is 0.226 e. The molecule has 2 aromatic rings. The Morgan fingerprint density at radius 3 is 3.11 bits per heavy atom. The first kappa shape index (κ1) is 11.5. The number of benzene rings is 1. The van der Waals surface area contributed by atoms with Crippen molar-refractivity contribution in [2.75, 3.05) is 12.5 Å². The van der Waals surface area contributed by atoms with Crippen LogP contribution in [0.15, 0.2) is 28.8 Å². The molecule has 0 fully saturated rings. The van der Waals surface area contributed by atoms with Crippen LogP contribution >= 0.6 is 11.6 Å². The van der Waals surface area contributed by atoms with Gasteiger partial charge < -0.3 is 9.26 Å². The molecular weight excluding hydrogens is 252 g/mol. The van der Waals surface area contributed by atoms with Crippen LogP contribution < -0.4 is 4.74 Å². The van der Waals surface area contributed by atoms with Crippen molar-refractivity contribution in [1.29, 1.82) is 0 Å². The van der Waals surface area contributed by atoms with Crippen molar-refractivity contribution in [3.63, 3.8) is 0 Å². The molecule has 1 aliphatic heterocycles. The quantitative estimate of drug-likeness (QED) is 0.797. The zero-order chi connectivity index (χ0) is 12.4. The molecule has 0 saturated carbocycles. The van der Waals surface area contributed by atoms with Crippen LogP contribution in [0.5, 0.6) is 5.75 Å². The molecule has 1 unspecified atom stereocenters. The van der Waals surface area contributed by atoms with E-state index in [1.807, 2.05) is 24.3 Å². The third-order valence-electron chi connectivity index (χ3n) is 3.02. The van der Waals surface area contributed by atoms with Gasteiger partial charge in [-0.2, -0.15) is 4.98 Å². The van der Waals surface area contributed by atoms with Crippen LogP contribution in [0.3, 0.4) is 0 Å². The number of hydrogen-bond acceptors (Lipinski definition) is 4. The number of rotatable bonds is 4. The Morgan fingerprint density at radius 1 is 1.33 bits per heavy atom. The van der Waals surface area contributed by atoms with Gasteiger partial charge in [-0.3, -0.25) is 0 Å². The van der Waals surface area contributed by atoms with Crippen LogP contribution in [-0.2, 0) is 6.42 Å². The highest BCUT2D eigenvalue weighted by Gasteiger charge is 2.29. The molecule has 1 aromatic carbocycles. The van der Waals surface area contributed by atoms with Gasteiger partial charge in [-0.25, -0.2) is 0 Å². The highest BCUT2D eigenvalue weighted by molar-refractivity contribution is 6.17. The summed E-state index contributed by atoms with van der Waals surface area (Å²) in [5.74, 6) is 2.94. The van der Waals surface area contributed by atoms with E-state index in [9.17, 15) is 0 Å². The lowest BCUT2D eigenvalue weighted by Crippen LogP contribution is -2.04. The van der Waals surface area contributed by atoms with Crippen molar-refractivity contribution >= 4 is 11.6 Å². The van der Waals surface area contributed by atoms with E-state index in [0.717, 1.165) is 24.2 Å². The number of fused-ring (bicyclic) bond motifs is 1. The minimum atomic E-state index is 0.0784. The first-order valence-corrected chi connectivity index (χ1v) is 6.52. The number of aromatic nitrogens is 2. The van der Waals surface area contributed by atoms with Gasteiger partial charge >= 0.3 is 0 Å². The van der Waals surface area contributed by atoms with Crippen molar-refractivity contribution in [2.45, 2.75) is 18.8 Å². The number of hydrogen-bond donors (Lipinski definition) is 0. The molecule has 2 heterocycles. The second kappa shape index (κ2) is 4.98. The van der Waals surface area contributed by atoms with Gasteiger partial charge in [0.15, 0.2) is 5.82 Å². The standard InChI is InChI=1S/C13H13ClN2O2/c14-7-3-6-12-15-13(16-18-12)10-8-17-11-5-2-1-4-9(10)11/h1-2,4-5,10H,3,6-8H2. The van der Waals surface area contributed by atoms with Crippen molar-refractivity contribution in [3.05, 3.63) is 41.5 Å². The fourth-order valence-electron chi connectivity index (χ4n) is 2.11. The van der Waals surface area contributed by atoms with E-state index in [1.54, 1.807) is 0 Å². The number of nitrogens with zero attached hydrogens (tertiary/aromatic N) is 2. The van der Waals surface area contributed by atoms with Crippen LogP contribution in [-0.4, -0.2) is 22.6 Å². The topological polar surface area (TPSA) is 48.2 Å². The predicted molar refractivity (Wildman–Crippen MR) is 67.1 cm³/mol. The minimum Gasteiger partial charge on any atom is -0.492 e. The van der Waals surface area contributed by atoms with Gasteiger partial charge in [0, 0.05) is 17.9 Å². The highest BCUT2D eigenvalue weighted by atomic mass is 35.5. The minimum absolute atomic E-state index is 0.0784. The number of aryl methyl sites for hydroxylation is 1. The number of para-hydroxylation sites is 1. The normalized spacial score (nSPS) is 17.5. The number of alkyl halides is 1. The van der Waals surface area contributed by atoms with Gasteiger partial charge in [-0.05, 0) is 12.5 Å². The second-order valence-electron chi connectivity index (χ2n) is 4.24. The Hall–Kier alpha value is -1.55. The molecule has 94 valence electrons. The molecule has 0 N–H and O–H groups in total. The van der Waals surface area contributed by atoms with Gasteiger partial charge in [-0.15, -0.1) is 11.6 Å². The van der Waals surface area contributed by atoms with E-state index < -0.39 is 0 Å². The molecule has 0 amide bonds. The molecule has 1 atom stereocenters. The fraction of sp³-hybridized carbons (Fsp3) is 0.385. The maximum absolute atomic E-state index is 5.64. The molecule has 1 aromatic heterocycles. The largest absolute Gasteiger partial charge is 0.492 e. The first-order chi connectivity index (χ1) is 8.88. The number of ether oxygens (including phenoxy) is 1. The van der Waals surface area contributed by atoms with Crippen molar-refractivity contribution in [2.24, 2.45) is 0 Å². The second-order valence-corrected chi connectivity index (χ2v) is 4.62. The molecule has 5 heteroatoms. The Bertz CT molecular complexity index is 541. The van der Waals surface area contributed by atoms with Crippen LogP contribution in [0.2, 0.25) is 0 Å². The van der Waals surface area contributed by atoms with E-state index in [4.69, 9.17) is 20.9 Å². The van der Waals surface area contributed by atoms with Gasteiger partial charge in [0.25, 0.3) is 0 Å². The summed E-state index contributed by atoms with van der Waals surface area (Å²) in [6.45, 7) is 0.577. The SMILES string of the molecule is ClCCCc1nc(C2COc3ccccc32)no1. The zero-order valence-electron chi connectivity index (χ0n) is 9.80. The summed E-state index contributed by atoms with van der Waals surface area (Å²) < 4.78 is 10.8. The zero-order valence-corrected chi connectivity index (χ0v) is 10.6. The summed E-state index contributed by atoms with van der Waals surface area (Å²) in [6, 6.07) is 7.96. The fourth-order valence-corrected chi connectivity index (χ4v) is 2.24. The molecule has 1 aliphatic rings. The summed E-state index contributed by atoms with van der Waals surface area (Å²) in [5, 5.41) is 4.04. The van der Waals surface area contributed by atoms with Crippen LogP contribution in [0.25, 0.3) is 0 Å². The maximum atomic E-state index is 5.64. The van der Waals surface area contributed by atoms with Crippen LogP contribution in [0, 0.1) is 0 Å². The summed E-state index contributed by atoms with van der Waals surface area (Å²) in [7, 11) is 0. The van der Waals surface area contributed by atoms with Gasteiger partial charge in [0.1, 0.15) is 12.4 Å². The third kappa shape index (κ3) is 2.08. The molecule has 0 spiro atoms. The van der Waals surface area contributed by atoms with Crippen molar-refractivity contribution in [1.82, 2.24) is 10.1 Å². The molecule has 18 heavy (non-hydrogen) atoms. The molecule has 0 radical (unpaired) electrons. The molecule has 0 saturated heterocycles. The third-order valence-corrected chi connectivity index (χ3v) is 3.29. The summed E-state index contributed by atoms with van der Waals surface area (Å²) >= 11 is 5.64. The van der Waals surface area contributed by atoms with Gasteiger partial charge in [-0.1, -0.05) is 23.4 Å². The van der Waals surface area contributed by atoms with Gasteiger partial charge in [0.2, 0.25) is 5.89 Å². The highest BCUT2D eigenvalue weighted by Crippen LogP contribution is 2.36. The average Bonchev–Trinajstić information content (AvgIpc) is 3.02. The monoisotopic (exact) mass is 264 g/mol. The van der Waals surface area contributed by atoms with Crippen molar-refractivity contribution < 1.29 is 9.26 Å². The van der Waals surface area contributed by atoms with E-state index >= 15 is 0 Å². The molecular formula is C13H13ClN2O2. The Morgan fingerprint density at radius 2 is 2.22 bits per heavy atom. The Labute approximate surface area is 110 Å². The average molecular weight is 265 g/mol. The van der Waals surface area contributed by atoms with E-state index in [2.05, 4.69) is 10.1 Å². The van der Waals surface area contributed by atoms with Gasteiger partial charge in [0.05, 0.1) is 5.92 Å². The first-order valence-electron chi connectivity index (χ1n) is 5.98. The molecule has 0 bridgehead atoms. The number of halogens is 1. The summed E-state index contributed by atoms with van der Waals surface area (Å²) in [4.78, 5) is 4.41. The lowest BCUT2D eigenvalue weighted by molar-refractivity contribution is 0.331. The van der Waals surface area contributed by atoms with Crippen LogP contribution in [0.4, 0.5) is 0 Å². The lowest BCUT2D eigenvalue weighted by atomic mass is 10.0.